The van der Waals surface area contributed by atoms with E-state index in [0.717, 1.165) is 22.5 Å². The number of hydrogen-bond acceptors (Lipinski definition) is 3. The van der Waals surface area contributed by atoms with Crippen molar-refractivity contribution >= 4 is 22.7 Å². The molecule has 0 bridgehead atoms. The van der Waals surface area contributed by atoms with Gasteiger partial charge in [0.05, 0.1) is 13.2 Å². The highest BCUT2D eigenvalue weighted by Crippen LogP contribution is 2.27. The average Bonchev–Trinajstić information content (AvgIpc) is 3.05. The number of anilines is 1. The van der Waals surface area contributed by atoms with Gasteiger partial charge in [-0.2, -0.15) is 0 Å². The minimum absolute atomic E-state index is 0.185. The van der Waals surface area contributed by atoms with Crippen LogP contribution in [0, 0.1) is 0 Å². The molecule has 3 rings (SSSR count). The summed E-state index contributed by atoms with van der Waals surface area (Å²) >= 11 is 0. The largest absolute Gasteiger partial charge is 0.497 e. The van der Waals surface area contributed by atoms with Gasteiger partial charge in [0.1, 0.15) is 17.1 Å². The number of carbonyl (C=O) groups is 1. The Morgan fingerprint density at radius 2 is 1.88 bits per heavy atom. The predicted molar refractivity (Wildman–Crippen MR) is 94.4 cm³/mol. The van der Waals surface area contributed by atoms with Crippen LogP contribution in [0.5, 0.6) is 5.75 Å². The van der Waals surface area contributed by atoms with Gasteiger partial charge < -0.3 is 19.4 Å². The van der Waals surface area contributed by atoms with Crippen molar-refractivity contribution in [1.29, 1.82) is 0 Å². The number of fused-ring (bicyclic) bond motifs is 1. The van der Waals surface area contributed by atoms with Crippen molar-refractivity contribution in [2.24, 2.45) is 0 Å². The fraction of sp³-hybridized carbons (Fsp3) is 0.211. The summed E-state index contributed by atoms with van der Waals surface area (Å²) in [7, 11) is 3.35. The Morgan fingerprint density at radius 1 is 1.17 bits per heavy atom. The number of para-hydroxylation sites is 1. The maximum atomic E-state index is 12.4. The zero-order valence-electron chi connectivity index (χ0n) is 13.9. The van der Waals surface area contributed by atoms with Crippen LogP contribution in [-0.4, -0.2) is 25.1 Å². The molecular formula is C19H20N2O3. The van der Waals surface area contributed by atoms with Gasteiger partial charge in [-0.05, 0) is 43.3 Å². The molecule has 1 heterocycles. The van der Waals surface area contributed by atoms with E-state index in [4.69, 9.17) is 9.15 Å². The predicted octanol–water partition coefficient (Wildman–Crippen LogP) is 4.67. The molecule has 0 aliphatic heterocycles. The van der Waals surface area contributed by atoms with Crippen LogP contribution < -0.4 is 10.1 Å². The number of nitrogens with zero attached hydrogens (tertiary/aromatic N) is 1. The zero-order valence-corrected chi connectivity index (χ0v) is 13.9. The molecule has 3 aromatic rings. The van der Waals surface area contributed by atoms with Crippen LogP contribution in [0.4, 0.5) is 10.5 Å². The van der Waals surface area contributed by atoms with Crippen molar-refractivity contribution in [2.75, 3.05) is 19.5 Å². The highest BCUT2D eigenvalue weighted by Gasteiger charge is 2.20. The first-order valence-corrected chi connectivity index (χ1v) is 7.75. The maximum Gasteiger partial charge on any atom is 0.322 e. The summed E-state index contributed by atoms with van der Waals surface area (Å²) in [5.41, 5.74) is 1.53. The van der Waals surface area contributed by atoms with Crippen LogP contribution in [0.25, 0.3) is 11.0 Å². The molecule has 0 saturated carbocycles. The molecule has 2 aromatic carbocycles. The van der Waals surface area contributed by atoms with Crippen molar-refractivity contribution in [3.63, 3.8) is 0 Å². The van der Waals surface area contributed by atoms with Crippen LogP contribution >= 0.6 is 0 Å². The second kappa shape index (κ2) is 6.66. The zero-order chi connectivity index (χ0) is 17.1. The molecule has 0 aliphatic carbocycles. The molecule has 0 unspecified atom stereocenters. The second-order valence-corrected chi connectivity index (χ2v) is 5.63. The first kappa shape index (κ1) is 15.9. The Balaban J connectivity index is 1.71. The summed E-state index contributed by atoms with van der Waals surface area (Å²) in [5, 5.41) is 3.90. The van der Waals surface area contributed by atoms with Crippen molar-refractivity contribution in [3.05, 3.63) is 60.4 Å². The standard InChI is InChI=1S/C19H20N2O3/c1-13(18-12-14-6-4-5-7-17(14)24-18)21(2)19(22)20-15-8-10-16(23-3)11-9-15/h4-13H,1-3H3,(H,20,22)/t13-/m0/s1. The van der Waals surface area contributed by atoms with E-state index >= 15 is 0 Å². The molecule has 0 fully saturated rings. The monoisotopic (exact) mass is 324 g/mol. The van der Waals surface area contributed by atoms with E-state index in [9.17, 15) is 4.79 Å². The molecule has 1 atom stereocenters. The number of hydrogen-bond donors (Lipinski definition) is 1. The molecular weight excluding hydrogens is 304 g/mol. The van der Waals surface area contributed by atoms with Crippen molar-refractivity contribution < 1.29 is 13.9 Å². The Hall–Kier alpha value is -2.95. The molecule has 0 aliphatic rings. The van der Waals surface area contributed by atoms with Gasteiger partial charge in [0.25, 0.3) is 0 Å². The summed E-state index contributed by atoms with van der Waals surface area (Å²) < 4.78 is 11.0. The molecule has 1 N–H and O–H groups in total. The Bertz CT molecular complexity index is 806. The summed E-state index contributed by atoms with van der Waals surface area (Å²) in [6.45, 7) is 1.94. The van der Waals surface area contributed by atoms with E-state index in [0.29, 0.717) is 5.69 Å². The number of methoxy groups -OCH3 is 1. The number of furan rings is 1. The van der Waals surface area contributed by atoms with Crippen molar-refractivity contribution in [1.82, 2.24) is 4.90 Å². The van der Waals surface area contributed by atoms with Gasteiger partial charge in [-0.1, -0.05) is 18.2 Å². The van der Waals surface area contributed by atoms with Crippen LogP contribution in [-0.2, 0) is 0 Å². The minimum Gasteiger partial charge on any atom is -0.497 e. The lowest BCUT2D eigenvalue weighted by Gasteiger charge is -2.23. The fourth-order valence-corrected chi connectivity index (χ4v) is 2.46. The molecule has 124 valence electrons. The quantitative estimate of drug-likeness (QED) is 0.759. The Kier molecular flexibility index (Phi) is 4.42. The molecule has 0 spiro atoms. The molecule has 2 amide bonds. The molecule has 1 aromatic heterocycles. The van der Waals surface area contributed by atoms with Crippen molar-refractivity contribution in [3.8, 4) is 5.75 Å². The first-order chi connectivity index (χ1) is 11.6. The summed E-state index contributed by atoms with van der Waals surface area (Å²) in [4.78, 5) is 14.1. The van der Waals surface area contributed by atoms with Crippen molar-refractivity contribution in [2.45, 2.75) is 13.0 Å². The third-order valence-electron chi connectivity index (χ3n) is 4.10. The van der Waals surface area contributed by atoms with E-state index in [-0.39, 0.29) is 12.1 Å². The highest BCUT2D eigenvalue weighted by atomic mass is 16.5. The molecule has 0 saturated heterocycles. The number of rotatable bonds is 4. The fourth-order valence-electron chi connectivity index (χ4n) is 2.46. The maximum absolute atomic E-state index is 12.4. The van der Waals surface area contributed by atoms with E-state index < -0.39 is 0 Å². The van der Waals surface area contributed by atoms with Crippen LogP contribution in [0.1, 0.15) is 18.7 Å². The lowest BCUT2D eigenvalue weighted by atomic mass is 10.2. The Morgan fingerprint density at radius 3 is 2.54 bits per heavy atom. The highest BCUT2D eigenvalue weighted by molar-refractivity contribution is 5.89. The second-order valence-electron chi connectivity index (χ2n) is 5.63. The number of ether oxygens (including phenoxy) is 1. The van der Waals surface area contributed by atoms with Crippen LogP contribution in [0.2, 0.25) is 0 Å². The SMILES string of the molecule is COc1ccc(NC(=O)N(C)[C@@H](C)c2cc3ccccc3o2)cc1. The van der Waals surface area contributed by atoms with Gasteiger partial charge in [-0.3, -0.25) is 0 Å². The van der Waals surface area contributed by atoms with Crippen LogP contribution in [0.15, 0.2) is 59.0 Å². The normalized spacial score (nSPS) is 12.0. The Labute approximate surface area is 140 Å². The summed E-state index contributed by atoms with van der Waals surface area (Å²) in [6.07, 6.45) is 0. The van der Waals surface area contributed by atoms with Gasteiger partial charge in [0.2, 0.25) is 0 Å². The smallest absolute Gasteiger partial charge is 0.322 e. The number of amides is 2. The number of nitrogens with one attached hydrogen (secondary N) is 1. The lowest BCUT2D eigenvalue weighted by Crippen LogP contribution is -2.33. The summed E-state index contributed by atoms with van der Waals surface area (Å²) in [5.74, 6) is 1.50. The van der Waals surface area contributed by atoms with Gasteiger partial charge in [-0.25, -0.2) is 4.79 Å². The van der Waals surface area contributed by atoms with Gasteiger partial charge in [0.15, 0.2) is 0 Å². The van der Waals surface area contributed by atoms with Gasteiger partial charge >= 0.3 is 6.03 Å². The third kappa shape index (κ3) is 3.20. The van der Waals surface area contributed by atoms with E-state index in [2.05, 4.69) is 5.32 Å². The van der Waals surface area contributed by atoms with E-state index in [1.165, 1.54) is 0 Å². The number of urea groups is 1. The van der Waals surface area contributed by atoms with E-state index in [1.54, 1.807) is 43.3 Å². The van der Waals surface area contributed by atoms with Gasteiger partial charge in [-0.15, -0.1) is 0 Å². The molecule has 0 radical (unpaired) electrons. The minimum atomic E-state index is -0.201. The molecule has 5 heteroatoms. The van der Waals surface area contributed by atoms with Gasteiger partial charge in [0, 0.05) is 18.1 Å². The third-order valence-corrected chi connectivity index (χ3v) is 4.10. The van der Waals surface area contributed by atoms with Crippen LogP contribution in [0.3, 0.4) is 0 Å². The molecule has 24 heavy (non-hydrogen) atoms. The van der Waals surface area contributed by atoms with E-state index in [1.807, 2.05) is 37.3 Å². The average molecular weight is 324 g/mol. The molecule has 5 nitrogen and oxygen atoms in total. The first-order valence-electron chi connectivity index (χ1n) is 7.75. The topological polar surface area (TPSA) is 54.7 Å². The number of benzene rings is 2. The lowest BCUT2D eigenvalue weighted by molar-refractivity contribution is 0.201. The summed E-state index contributed by atoms with van der Waals surface area (Å²) in [6, 6.07) is 16.6. The number of carbonyl (C=O) groups excluding carboxylic acids is 1.